The summed E-state index contributed by atoms with van der Waals surface area (Å²) in [4.78, 5) is 12.2. The average molecular weight is 540 g/mol. The van der Waals surface area contributed by atoms with Crippen molar-refractivity contribution in [3.8, 4) is 28.4 Å². The van der Waals surface area contributed by atoms with Crippen molar-refractivity contribution < 1.29 is 9.47 Å². The van der Waals surface area contributed by atoms with Crippen molar-refractivity contribution in [1.82, 2.24) is 19.5 Å². The Balaban J connectivity index is 1.49. The number of halogens is 1. The monoisotopic (exact) mass is 539 g/mol. The summed E-state index contributed by atoms with van der Waals surface area (Å²) in [6.45, 7) is 0.984. The quantitative estimate of drug-likeness (QED) is 0.221. The maximum Gasteiger partial charge on any atom is 0.231 e. The van der Waals surface area contributed by atoms with E-state index >= 15 is 0 Å². The Morgan fingerprint density at radius 1 is 1.18 bits per heavy atom. The number of hydrogen-bond donors (Lipinski definition) is 3. The second kappa shape index (κ2) is 8.36. The molecule has 10 heteroatoms. The number of nitrogens with one attached hydrogen (secondary N) is 3. The fourth-order valence-electron chi connectivity index (χ4n) is 3.99. The number of imidazole rings is 2. The van der Waals surface area contributed by atoms with E-state index in [0.717, 1.165) is 57.0 Å². The first kappa shape index (κ1) is 20.5. The van der Waals surface area contributed by atoms with Crippen LogP contribution in [0, 0.1) is 4.77 Å². The Hall–Kier alpha value is -3.08. The first-order chi connectivity index (χ1) is 16.2. The van der Waals surface area contributed by atoms with Gasteiger partial charge < -0.3 is 24.8 Å². The van der Waals surface area contributed by atoms with Gasteiger partial charge >= 0.3 is 0 Å². The van der Waals surface area contributed by atoms with Crippen LogP contribution in [-0.4, -0.2) is 32.9 Å². The lowest BCUT2D eigenvalue weighted by molar-refractivity contribution is 0.174. The number of benzene rings is 2. The molecular formula is C23H18BrN5O2S2. The van der Waals surface area contributed by atoms with E-state index in [-0.39, 0.29) is 6.79 Å². The minimum atomic E-state index is 0.215. The third-order valence-corrected chi connectivity index (χ3v) is 7.41. The van der Waals surface area contributed by atoms with Gasteiger partial charge in [-0.15, -0.1) is 11.3 Å². The number of aromatic amines is 2. The van der Waals surface area contributed by atoms with Crippen LogP contribution >= 0.6 is 39.5 Å². The molecule has 0 atom stereocenters. The van der Waals surface area contributed by atoms with E-state index in [1.54, 1.807) is 17.7 Å². The van der Waals surface area contributed by atoms with Crippen LogP contribution in [-0.2, 0) is 6.42 Å². The lowest BCUT2D eigenvalue weighted by Gasteiger charge is -2.14. The zero-order valence-electron chi connectivity index (χ0n) is 17.2. The standard InChI is InChI=1S/C23H18BrN5O2S2/c24-16-10-20-19(30-12-31-20)9-15(16)21-22(25-6-5-14-2-1-7-33-14)28-23(32)29(21)13-3-4-17-18(8-13)27-11-26-17/h1-4,7-11,25H,5-6,12H2,(H,26,27)(H,28,32). The highest BCUT2D eigenvalue weighted by atomic mass is 79.9. The minimum Gasteiger partial charge on any atom is -0.454 e. The molecule has 0 unspecified atom stereocenters. The number of thiophene rings is 1. The molecule has 0 aliphatic carbocycles. The van der Waals surface area contributed by atoms with E-state index in [9.17, 15) is 0 Å². The fourth-order valence-corrected chi connectivity index (χ4v) is 5.51. The topological polar surface area (TPSA) is 79.9 Å². The van der Waals surface area contributed by atoms with Gasteiger partial charge in [0.2, 0.25) is 6.79 Å². The van der Waals surface area contributed by atoms with Gasteiger partial charge in [-0.3, -0.25) is 4.57 Å². The van der Waals surface area contributed by atoms with Crippen LogP contribution in [0.15, 0.2) is 58.6 Å². The van der Waals surface area contributed by atoms with Crippen molar-refractivity contribution in [3.63, 3.8) is 0 Å². The van der Waals surface area contributed by atoms with Gasteiger partial charge in [-0.05, 0) is 76.3 Å². The maximum absolute atomic E-state index is 5.79. The summed E-state index contributed by atoms with van der Waals surface area (Å²) in [5.74, 6) is 2.28. The molecule has 7 nitrogen and oxygen atoms in total. The Labute approximate surface area is 206 Å². The number of hydrogen-bond acceptors (Lipinski definition) is 6. The fraction of sp³-hybridized carbons (Fsp3) is 0.130. The lowest BCUT2D eigenvalue weighted by Crippen LogP contribution is -2.06. The third-order valence-electron chi connectivity index (χ3n) is 5.53. The molecule has 33 heavy (non-hydrogen) atoms. The van der Waals surface area contributed by atoms with Gasteiger partial charge in [0.25, 0.3) is 0 Å². The van der Waals surface area contributed by atoms with Gasteiger partial charge in [0.1, 0.15) is 5.82 Å². The van der Waals surface area contributed by atoms with Gasteiger partial charge in [-0.2, -0.15) is 0 Å². The highest BCUT2D eigenvalue weighted by Crippen LogP contribution is 2.43. The van der Waals surface area contributed by atoms with Crippen LogP contribution in [0.1, 0.15) is 4.88 Å². The first-order valence-corrected chi connectivity index (χ1v) is 12.4. The van der Waals surface area contributed by atoms with Crippen LogP contribution in [0.5, 0.6) is 11.5 Å². The summed E-state index contributed by atoms with van der Waals surface area (Å²) in [6.07, 6.45) is 2.61. The number of ether oxygens (including phenoxy) is 2. The molecule has 0 fully saturated rings. The van der Waals surface area contributed by atoms with Gasteiger partial charge in [0, 0.05) is 21.5 Å². The zero-order valence-corrected chi connectivity index (χ0v) is 20.4. The van der Waals surface area contributed by atoms with E-state index in [2.05, 4.69) is 53.7 Å². The summed E-state index contributed by atoms with van der Waals surface area (Å²) in [6, 6.07) is 14.2. The van der Waals surface area contributed by atoms with Crippen molar-refractivity contribution in [3.05, 3.63) is 68.3 Å². The van der Waals surface area contributed by atoms with Crippen molar-refractivity contribution in [2.24, 2.45) is 0 Å². The predicted molar refractivity (Wildman–Crippen MR) is 136 cm³/mol. The van der Waals surface area contributed by atoms with E-state index < -0.39 is 0 Å². The number of aromatic nitrogens is 4. The van der Waals surface area contributed by atoms with Crippen LogP contribution in [0.3, 0.4) is 0 Å². The van der Waals surface area contributed by atoms with Gasteiger partial charge in [0.15, 0.2) is 16.3 Å². The molecule has 3 N–H and O–H groups in total. The van der Waals surface area contributed by atoms with Crippen LogP contribution in [0.2, 0.25) is 0 Å². The van der Waals surface area contributed by atoms with E-state index in [0.29, 0.717) is 10.5 Å². The maximum atomic E-state index is 5.79. The molecule has 1 aliphatic rings. The van der Waals surface area contributed by atoms with Gasteiger partial charge in [-0.25, -0.2) is 4.98 Å². The average Bonchev–Trinajstić information content (AvgIpc) is 3.60. The predicted octanol–water partition coefficient (Wildman–Crippen LogP) is 6.29. The van der Waals surface area contributed by atoms with E-state index in [1.165, 1.54) is 4.88 Å². The number of nitrogens with zero attached hydrogens (tertiary/aromatic N) is 2. The highest BCUT2D eigenvalue weighted by molar-refractivity contribution is 9.10. The molecule has 5 aromatic rings. The van der Waals surface area contributed by atoms with Gasteiger partial charge in [0.05, 0.1) is 28.7 Å². The SMILES string of the molecule is S=c1[nH]c(NCCc2cccs2)c(-c2cc3c(cc2Br)OCO3)n1-c1ccc2nc[nH]c2c1. The van der Waals surface area contributed by atoms with E-state index in [1.807, 2.05) is 34.9 Å². The highest BCUT2D eigenvalue weighted by Gasteiger charge is 2.23. The van der Waals surface area contributed by atoms with Crippen LogP contribution in [0.4, 0.5) is 5.82 Å². The lowest BCUT2D eigenvalue weighted by atomic mass is 10.1. The molecule has 4 heterocycles. The summed E-state index contributed by atoms with van der Waals surface area (Å²) in [5.41, 5.74) is 4.63. The number of fused-ring (bicyclic) bond motifs is 2. The summed E-state index contributed by atoms with van der Waals surface area (Å²) < 4.78 is 14.7. The Morgan fingerprint density at radius 2 is 2.06 bits per heavy atom. The summed E-state index contributed by atoms with van der Waals surface area (Å²) in [5, 5.41) is 5.66. The number of H-pyrrole nitrogens is 2. The van der Waals surface area contributed by atoms with Crippen molar-refractivity contribution in [1.29, 1.82) is 0 Å². The Bertz CT molecular complexity index is 1520. The van der Waals surface area contributed by atoms with E-state index in [4.69, 9.17) is 21.7 Å². The molecule has 0 saturated heterocycles. The second-order valence-corrected chi connectivity index (χ2v) is 9.81. The molecule has 0 bridgehead atoms. The van der Waals surface area contributed by atoms with Crippen LogP contribution in [0.25, 0.3) is 28.0 Å². The van der Waals surface area contributed by atoms with Gasteiger partial charge in [-0.1, -0.05) is 6.07 Å². The molecule has 0 radical (unpaired) electrons. The molecule has 0 amide bonds. The Morgan fingerprint density at radius 3 is 2.91 bits per heavy atom. The zero-order chi connectivity index (χ0) is 22.4. The number of anilines is 1. The molecule has 166 valence electrons. The van der Waals surface area contributed by atoms with Crippen molar-refractivity contribution in [2.75, 3.05) is 18.7 Å². The third kappa shape index (κ3) is 3.73. The molecule has 6 rings (SSSR count). The molecule has 1 aliphatic heterocycles. The molecule has 2 aromatic carbocycles. The smallest absolute Gasteiger partial charge is 0.231 e. The summed E-state index contributed by atoms with van der Waals surface area (Å²) in [7, 11) is 0. The molecule has 3 aromatic heterocycles. The second-order valence-electron chi connectivity index (χ2n) is 7.53. The molecule has 0 saturated carbocycles. The van der Waals surface area contributed by atoms with Crippen molar-refractivity contribution in [2.45, 2.75) is 6.42 Å². The first-order valence-electron chi connectivity index (χ1n) is 10.3. The minimum absolute atomic E-state index is 0.215. The molecule has 0 spiro atoms. The number of rotatable bonds is 6. The summed E-state index contributed by atoms with van der Waals surface area (Å²) >= 11 is 11.3. The largest absolute Gasteiger partial charge is 0.454 e. The Kier molecular flexibility index (Phi) is 5.20. The van der Waals surface area contributed by atoms with Crippen molar-refractivity contribution >= 4 is 56.3 Å². The van der Waals surface area contributed by atoms with Crippen LogP contribution < -0.4 is 14.8 Å². The molecular weight excluding hydrogens is 522 g/mol. The normalized spacial score (nSPS) is 12.5.